The summed E-state index contributed by atoms with van der Waals surface area (Å²) in [6.45, 7) is 14.8. The molecule has 0 bridgehead atoms. The first-order valence-electron chi connectivity index (χ1n) is 14.6. The van der Waals surface area contributed by atoms with E-state index in [0.29, 0.717) is 5.75 Å². The number of amides is 7. The first-order valence-corrected chi connectivity index (χ1v) is 15.5. The Morgan fingerprint density at radius 2 is 1.40 bits per heavy atom. The van der Waals surface area contributed by atoms with Gasteiger partial charge in [-0.1, -0.05) is 33.6 Å². The summed E-state index contributed by atoms with van der Waals surface area (Å²) in [5.41, 5.74) is 17.3. The number of carbonyl (C=O) groups excluding carboxylic acids is 7. The molecule has 0 fully saturated rings. The van der Waals surface area contributed by atoms with E-state index < -0.39 is 77.9 Å². The second-order valence-corrected chi connectivity index (χ2v) is 11.6. The van der Waals surface area contributed by atoms with Crippen molar-refractivity contribution in [1.29, 1.82) is 0 Å². The van der Waals surface area contributed by atoms with Gasteiger partial charge in [0.05, 0.1) is 12.6 Å². The van der Waals surface area contributed by atoms with Crippen LogP contribution in [0.3, 0.4) is 0 Å². The predicted octanol–water partition coefficient (Wildman–Crippen LogP) is 2.68. The van der Waals surface area contributed by atoms with Crippen molar-refractivity contribution in [3.63, 3.8) is 0 Å². The van der Waals surface area contributed by atoms with E-state index in [9.17, 15) is 28.8 Å². The first kappa shape index (κ1) is 54.2. The van der Waals surface area contributed by atoms with Gasteiger partial charge >= 0.3 is 6.09 Å². The fraction of sp³-hybridized carbons (Fsp3) is 0.750. The molecule has 0 aromatic carbocycles. The van der Waals surface area contributed by atoms with Gasteiger partial charge in [0.25, 0.3) is 0 Å². The van der Waals surface area contributed by atoms with E-state index in [2.05, 4.69) is 35.1 Å². The van der Waals surface area contributed by atoms with Gasteiger partial charge in [-0.3, -0.25) is 19.2 Å². The van der Waals surface area contributed by atoms with E-state index in [1.54, 1.807) is 27.7 Å². The Kier molecular flexibility index (Phi) is 35.8. The molecule has 282 valence electrons. The largest absolute Gasteiger partial charge is 0.668 e. The Hall–Kier alpha value is -2.28. The van der Waals surface area contributed by atoms with Crippen LogP contribution in [0.15, 0.2) is 0 Å². The van der Waals surface area contributed by atoms with Crippen molar-refractivity contribution in [3.8, 4) is 0 Å². The number of nitrogens with one attached hydrogen (secondary N) is 6. The number of carbonyl (C=O) groups is 7. The van der Waals surface area contributed by atoms with Gasteiger partial charge in [0.15, 0.2) is 0 Å². The number of unbranched alkanes of at least 4 members (excludes halogenated alkanes) is 1. The third kappa shape index (κ3) is 34.9. The Bertz CT molecular complexity index is 954. The molecule has 0 rings (SSSR count). The molecule has 7 amide bonds. The summed E-state index contributed by atoms with van der Waals surface area (Å²) < 4.78 is 10.9. The molecule has 0 radical (unpaired) electrons. The zero-order chi connectivity index (χ0) is 35.8. The van der Waals surface area contributed by atoms with Gasteiger partial charge < -0.3 is 57.0 Å². The van der Waals surface area contributed by atoms with Gasteiger partial charge in [0.1, 0.15) is 23.7 Å². The van der Waals surface area contributed by atoms with E-state index >= 15 is 0 Å². The zero-order valence-corrected chi connectivity index (χ0v) is 32.5. The summed E-state index contributed by atoms with van der Waals surface area (Å²) in [4.78, 5) is 81.7. The van der Waals surface area contributed by atoms with Gasteiger partial charge in [-0.2, -0.15) is 0 Å². The van der Waals surface area contributed by atoms with Crippen LogP contribution in [0.4, 0.5) is 4.79 Å². The number of hydrogen-bond acceptors (Lipinski definition) is 10. The van der Waals surface area contributed by atoms with Crippen LogP contribution in [0.2, 0.25) is 0 Å². The molecule has 0 aliphatic heterocycles. The van der Waals surface area contributed by atoms with Crippen molar-refractivity contribution < 1.29 is 83.3 Å². The second kappa shape index (κ2) is 31.0. The summed E-state index contributed by atoms with van der Waals surface area (Å²) in [6, 6.07) is -3.56. The average molecular weight is 877 g/mol. The maximum atomic E-state index is 13.2. The van der Waals surface area contributed by atoms with Gasteiger partial charge in [-0.15, -0.1) is 0 Å². The molecule has 0 heterocycles. The summed E-state index contributed by atoms with van der Waals surface area (Å²) >= 11 is 1.13. The third-order valence-electron chi connectivity index (χ3n) is 4.75. The van der Waals surface area contributed by atoms with Crippen LogP contribution >= 0.6 is 12.0 Å². The number of hydrogen-bond donors (Lipinski definition) is 5. The average Bonchev–Trinajstić information content (AvgIpc) is 2.89. The summed E-state index contributed by atoms with van der Waals surface area (Å²) in [7, 11) is 0. The fourth-order valence-corrected chi connectivity index (χ4v) is 3.53. The van der Waals surface area contributed by atoms with Crippen molar-refractivity contribution in [3.05, 3.63) is 11.5 Å². The number of nitrogens with two attached hydrogens (primary N) is 1. The fourth-order valence-electron chi connectivity index (χ4n) is 2.70. The van der Waals surface area contributed by atoms with E-state index in [1.165, 1.54) is 20.3 Å². The minimum atomic E-state index is -1.32. The molecule has 0 aliphatic carbocycles. The molecule has 0 saturated heterocycles. The molecule has 0 saturated carbocycles. The molecule has 0 aromatic rings. The summed E-state index contributed by atoms with van der Waals surface area (Å²) in [6.07, 6.45) is 0.755. The van der Waals surface area contributed by atoms with Gasteiger partial charge in [-0.05, 0) is 72.8 Å². The molecule has 0 aliphatic rings. The van der Waals surface area contributed by atoms with Crippen LogP contribution in [0.25, 0.3) is 11.5 Å². The molecule has 0 aromatic heterocycles. The Morgan fingerprint density at radius 1 is 0.894 bits per heavy atom. The van der Waals surface area contributed by atoms with Crippen molar-refractivity contribution in [2.24, 2.45) is 5.73 Å². The van der Waals surface area contributed by atoms with E-state index in [-0.39, 0.29) is 53.7 Å². The summed E-state index contributed by atoms with van der Waals surface area (Å²) in [5.74, 6) is -3.97. The van der Waals surface area contributed by atoms with Gasteiger partial charge in [0, 0.05) is 58.4 Å². The Balaban J connectivity index is -0.000000592. The van der Waals surface area contributed by atoms with Crippen LogP contribution in [0.5, 0.6) is 0 Å². The third-order valence-corrected chi connectivity index (χ3v) is 5.64. The Labute approximate surface area is 310 Å². The minimum absolute atomic E-state index is 0. The van der Waals surface area contributed by atoms with Crippen molar-refractivity contribution in [2.45, 2.75) is 124 Å². The monoisotopic (exact) mass is 875 g/mol. The number of rotatable bonds is 17. The van der Waals surface area contributed by atoms with Gasteiger partial charge in [0.2, 0.25) is 23.6 Å². The smallest absolute Gasteiger partial charge is 0.408 e. The predicted molar refractivity (Wildman–Crippen MR) is 172 cm³/mol. The zero-order valence-electron chi connectivity index (χ0n) is 28.6. The molecular weight excluding hydrogens is 823 g/mol. The first-order chi connectivity index (χ1) is 20.7. The molecule has 0 spiro atoms. The van der Waals surface area contributed by atoms with E-state index in [4.69, 9.17) is 30.9 Å². The van der Waals surface area contributed by atoms with Crippen molar-refractivity contribution in [1.82, 2.24) is 21.3 Å². The standard InChI is InChI=1S/C23H42N6O8S.C3H8.C2H5NO.2Pd/c1-7-8-11-38-37-14(3)18(29-22(35)36-23(4,5)6)21(34)28-15(9-10-16(24)30)20(33)26-12-17(31)27-13(2)19(25)32;1-3-2;1-2(3)4;;/h13-15,18H,7-12H2,1-6H3,(H8,24,25,26,27,28,29,30,31,32,33,34,35);3H2,1-2H3;1H3,(H2,3,4);;/p-2/t13?,14?,15-,18?;;;;/m0..../s1. The topological polar surface area (TPSA) is 260 Å². The van der Waals surface area contributed by atoms with Crippen LogP contribution < -0.4 is 27.0 Å². The Morgan fingerprint density at radius 3 is 1.83 bits per heavy atom. The molecule has 8 N–H and O–H groups in total. The molecule has 4 atom stereocenters. The summed E-state index contributed by atoms with van der Waals surface area (Å²) in [5, 5.41) is 9.50. The molecular formula is C28H53N7O9Pd2S-2. The maximum absolute atomic E-state index is 13.2. The number of primary amides is 1. The minimum Gasteiger partial charge on any atom is -0.668 e. The maximum Gasteiger partial charge on any atom is 0.408 e. The van der Waals surface area contributed by atoms with Crippen molar-refractivity contribution in [2.75, 3.05) is 12.3 Å². The van der Waals surface area contributed by atoms with E-state index in [0.717, 1.165) is 24.9 Å². The molecule has 3 unspecified atom stereocenters. The molecule has 16 nitrogen and oxygen atoms in total. The second-order valence-electron chi connectivity index (χ2n) is 10.8. The van der Waals surface area contributed by atoms with E-state index in [1.807, 2.05) is 6.92 Å². The molecule has 19 heteroatoms. The SMILES string of the molecule is CC([NH-])=O.CCC.CCCCSOC(C)C(NC(=O)OC(C)(C)C)C(=O)N[C@@H](CCC([NH-])=O)C(=O)NCC(=O)NC(C)C(N)=O.[Pd].[Pd]. The normalized spacial score (nSPS) is 12.4. The van der Waals surface area contributed by atoms with Crippen molar-refractivity contribution >= 4 is 53.6 Å². The van der Waals surface area contributed by atoms with Crippen LogP contribution in [0, 0.1) is 0 Å². The quantitative estimate of drug-likeness (QED) is 0.0811. The van der Waals surface area contributed by atoms with Crippen LogP contribution in [-0.2, 0) is 78.5 Å². The number of ether oxygens (including phenoxy) is 1. The molecule has 47 heavy (non-hydrogen) atoms. The van der Waals surface area contributed by atoms with Crippen LogP contribution in [-0.4, -0.2) is 83.7 Å². The van der Waals surface area contributed by atoms with Gasteiger partial charge in [-0.25, -0.2) is 4.79 Å². The number of alkyl carbamates (subject to hydrolysis) is 1. The van der Waals surface area contributed by atoms with Crippen LogP contribution in [0.1, 0.15) is 94.4 Å².